The van der Waals surface area contributed by atoms with E-state index in [2.05, 4.69) is 45.1 Å². The van der Waals surface area contributed by atoms with Gasteiger partial charge in [-0.15, -0.1) is 0 Å². The molecule has 0 rings (SSSR count). The van der Waals surface area contributed by atoms with E-state index in [0.717, 1.165) is 64.2 Å². The predicted octanol–water partition coefficient (Wildman–Crippen LogP) is 15.6. The van der Waals surface area contributed by atoms with Gasteiger partial charge in [0.25, 0.3) is 0 Å². The SMILES string of the molecule is CCCCC/C=C\CCCCCCCC(=O)OC(COC(=O)CCCCCCCCC/C=C\CCCCCC)COC(=O)CCCCCCCCCCCCC. The van der Waals surface area contributed by atoms with Gasteiger partial charge in [-0.2, -0.15) is 0 Å². The van der Waals surface area contributed by atoms with Crippen molar-refractivity contribution in [1.29, 1.82) is 0 Å². The molecule has 0 aliphatic rings. The first kappa shape index (κ1) is 53.9. The third kappa shape index (κ3) is 43.0. The zero-order valence-electron chi connectivity index (χ0n) is 37.4. The molecule has 1 atom stereocenters. The van der Waals surface area contributed by atoms with Gasteiger partial charge in [0.15, 0.2) is 6.10 Å². The molecule has 0 spiro atoms. The van der Waals surface area contributed by atoms with E-state index in [-0.39, 0.29) is 31.1 Å². The molecule has 328 valence electrons. The normalized spacial score (nSPS) is 12.1. The summed E-state index contributed by atoms with van der Waals surface area (Å²) in [6.45, 7) is 6.59. The molecule has 1 unspecified atom stereocenters. The van der Waals surface area contributed by atoms with Crippen LogP contribution in [0.2, 0.25) is 0 Å². The van der Waals surface area contributed by atoms with Gasteiger partial charge in [0.2, 0.25) is 0 Å². The molecule has 6 nitrogen and oxygen atoms in total. The second-order valence-electron chi connectivity index (χ2n) is 16.4. The fraction of sp³-hybridized carbons (Fsp3) is 0.860. The Morgan fingerprint density at radius 1 is 0.339 bits per heavy atom. The molecule has 0 aromatic carbocycles. The number of carbonyl (C=O) groups excluding carboxylic acids is 3. The summed E-state index contributed by atoms with van der Waals surface area (Å²) in [7, 11) is 0. The molecule has 0 fully saturated rings. The summed E-state index contributed by atoms with van der Waals surface area (Å²) in [6.07, 6.45) is 50.1. The largest absolute Gasteiger partial charge is 0.462 e. The van der Waals surface area contributed by atoms with E-state index in [4.69, 9.17) is 14.2 Å². The maximum absolute atomic E-state index is 12.7. The van der Waals surface area contributed by atoms with Gasteiger partial charge >= 0.3 is 17.9 Å². The van der Waals surface area contributed by atoms with Crippen LogP contribution in [0.4, 0.5) is 0 Å². The molecule has 0 aromatic heterocycles. The summed E-state index contributed by atoms with van der Waals surface area (Å²) >= 11 is 0. The van der Waals surface area contributed by atoms with Crippen LogP contribution in [0.5, 0.6) is 0 Å². The van der Waals surface area contributed by atoms with Gasteiger partial charge in [0.1, 0.15) is 13.2 Å². The third-order valence-corrected chi connectivity index (χ3v) is 10.7. The molecular formula is C50H92O6. The lowest BCUT2D eigenvalue weighted by Crippen LogP contribution is -2.30. The van der Waals surface area contributed by atoms with E-state index in [1.165, 1.54) is 154 Å². The average Bonchev–Trinajstić information content (AvgIpc) is 3.19. The minimum absolute atomic E-state index is 0.0728. The van der Waals surface area contributed by atoms with Gasteiger partial charge in [0, 0.05) is 19.3 Å². The van der Waals surface area contributed by atoms with Crippen molar-refractivity contribution in [1.82, 2.24) is 0 Å². The van der Waals surface area contributed by atoms with Gasteiger partial charge in [-0.1, -0.05) is 193 Å². The monoisotopic (exact) mass is 789 g/mol. The van der Waals surface area contributed by atoms with Gasteiger partial charge in [-0.3, -0.25) is 14.4 Å². The van der Waals surface area contributed by atoms with Gasteiger partial charge in [0.05, 0.1) is 0 Å². The van der Waals surface area contributed by atoms with Crippen molar-refractivity contribution < 1.29 is 28.6 Å². The fourth-order valence-electron chi connectivity index (χ4n) is 6.96. The zero-order chi connectivity index (χ0) is 40.8. The molecule has 0 saturated heterocycles. The summed E-state index contributed by atoms with van der Waals surface area (Å²) in [4.78, 5) is 37.8. The minimum atomic E-state index is -0.771. The standard InChI is InChI=1S/C50H92O6/c1-4-7-10-13-16-19-22-24-25-26-29-31-34-37-40-43-49(52)55-46-47(45-54-48(51)42-39-36-33-30-27-21-18-15-12-9-6-3)56-50(53)44-41-38-35-32-28-23-20-17-14-11-8-5-2/h17,19-20,22,47H,4-16,18,21,23-46H2,1-3H3/b20-17-,22-19-. The molecule has 0 amide bonds. The summed E-state index contributed by atoms with van der Waals surface area (Å²) < 4.78 is 16.7. The molecule has 0 heterocycles. The Balaban J connectivity index is 4.35. The van der Waals surface area contributed by atoms with E-state index in [0.29, 0.717) is 19.3 Å². The first-order valence-electron chi connectivity index (χ1n) is 24.3. The Morgan fingerprint density at radius 2 is 0.589 bits per heavy atom. The number of ether oxygens (including phenoxy) is 3. The number of hydrogen-bond donors (Lipinski definition) is 0. The smallest absolute Gasteiger partial charge is 0.306 e. The number of unbranched alkanes of at least 4 members (excludes halogenated alkanes) is 29. The number of rotatable bonds is 44. The van der Waals surface area contributed by atoms with Gasteiger partial charge in [-0.05, 0) is 70.6 Å². The Labute approximate surface area is 347 Å². The molecule has 0 radical (unpaired) electrons. The van der Waals surface area contributed by atoms with Crippen LogP contribution >= 0.6 is 0 Å². The highest BCUT2D eigenvalue weighted by Gasteiger charge is 2.19. The lowest BCUT2D eigenvalue weighted by molar-refractivity contribution is -0.167. The average molecular weight is 789 g/mol. The maximum Gasteiger partial charge on any atom is 0.306 e. The Morgan fingerprint density at radius 3 is 0.946 bits per heavy atom. The lowest BCUT2D eigenvalue weighted by Gasteiger charge is -2.18. The van der Waals surface area contributed by atoms with Crippen molar-refractivity contribution in [2.24, 2.45) is 0 Å². The summed E-state index contributed by atoms with van der Waals surface area (Å²) in [6, 6.07) is 0. The fourth-order valence-corrected chi connectivity index (χ4v) is 6.96. The van der Waals surface area contributed by atoms with E-state index in [1.807, 2.05) is 0 Å². The summed E-state index contributed by atoms with van der Waals surface area (Å²) in [5.41, 5.74) is 0. The molecule has 0 N–H and O–H groups in total. The molecule has 0 aromatic rings. The Hall–Kier alpha value is -2.11. The topological polar surface area (TPSA) is 78.9 Å². The van der Waals surface area contributed by atoms with E-state index in [9.17, 15) is 14.4 Å². The molecule has 6 heteroatoms. The van der Waals surface area contributed by atoms with Crippen molar-refractivity contribution in [3.8, 4) is 0 Å². The minimum Gasteiger partial charge on any atom is -0.462 e. The van der Waals surface area contributed by atoms with E-state index < -0.39 is 6.10 Å². The summed E-state index contributed by atoms with van der Waals surface area (Å²) in [5.74, 6) is -0.880. The van der Waals surface area contributed by atoms with Crippen LogP contribution in [0.3, 0.4) is 0 Å². The Bertz CT molecular complexity index is 911. The first-order valence-corrected chi connectivity index (χ1v) is 24.3. The van der Waals surface area contributed by atoms with Gasteiger partial charge < -0.3 is 14.2 Å². The van der Waals surface area contributed by atoms with Crippen LogP contribution in [0.15, 0.2) is 24.3 Å². The molecule has 0 bridgehead atoms. The van der Waals surface area contributed by atoms with Crippen LogP contribution in [0.25, 0.3) is 0 Å². The van der Waals surface area contributed by atoms with Crippen molar-refractivity contribution in [2.75, 3.05) is 13.2 Å². The number of hydrogen-bond acceptors (Lipinski definition) is 6. The van der Waals surface area contributed by atoms with Crippen molar-refractivity contribution in [3.63, 3.8) is 0 Å². The highest BCUT2D eigenvalue weighted by atomic mass is 16.6. The lowest BCUT2D eigenvalue weighted by atomic mass is 10.1. The van der Waals surface area contributed by atoms with E-state index >= 15 is 0 Å². The van der Waals surface area contributed by atoms with Gasteiger partial charge in [-0.25, -0.2) is 0 Å². The second-order valence-corrected chi connectivity index (χ2v) is 16.4. The predicted molar refractivity (Wildman–Crippen MR) is 238 cm³/mol. The highest BCUT2D eigenvalue weighted by molar-refractivity contribution is 5.71. The molecule has 56 heavy (non-hydrogen) atoms. The summed E-state index contributed by atoms with van der Waals surface area (Å²) in [5, 5.41) is 0. The molecular weight excluding hydrogens is 697 g/mol. The number of carbonyl (C=O) groups is 3. The van der Waals surface area contributed by atoms with Crippen molar-refractivity contribution >= 4 is 17.9 Å². The highest BCUT2D eigenvalue weighted by Crippen LogP contribution is 2.15. The number of esters is 3. The quantitative estimate of drug-likeness (QED) is 0.0265. The first-order chi connectivity index (χ1) is 27.5. The maximum atomic E-state index is 12.7. The van der Waals surface area contributed by atoms with Crippen molar-refractivity contribution in [3.05, 3.63) is 24.3 Å². The van der Waals surface area contributed by atoms with Crippen LogP contribution in [-0.2, 0) is 28.6 Å². The van der Waals surface area contributed by atoms with Crippen LogP contribution < -0.4 is 0 Å². The molecule has 0 aliphatic carbocycles. The Kier molecular flexibility index (Phi) is 43.9. The van der Waals surface area contributed by atoms with Crippen LogP contribution in [0, 0.1) is 0 Å². The van der Waals surface area contributed by atoms with Crippen molar-refractivity contribution in [2.45, 2.75) is 264 Å². The second kappa shape index (κ2) is 45.6. The van der Waals surface area contributed by atoms with E-state index in [1.54, 1.807) is 0 Å². The third-order valence-electron chi connectivity index (χ3n) is 10.7. The van der Waals surface area contributed by atoms with Crippen LogP contribution in [-0.4, -0.2) is 37.2 Å². The molecule has 0 saturated carbocycles. The van der Waals surface area contributed by atoms with Crippen LogP contribution in [0.1, 0.15) is 258 Å². The number of allylic oxidation sites excluding steroid dienone is 4. The zero-order valence-corrected chi connectivity index (χ0v) is 37.4. The molecule has 0 aliphatic heterocycles.